The molecule has 0 bridgehead atoms. The van der Waals surface area contributed by atoms with Crippen LogP contribution < -0.4 is 0 Å². The molecule has 4 nitrogen and oxygen atoms in total. The topological polar surface area (TPSA) is 38.1 Å². The normalized spacial score (nSPS) is 11.3. The number of carbonyl (C=O) groups is 1. The van der Waals surface area contributed by atoms with Crippen molar-refractivity contribution in [3.63, 3.8) is 0 Å². The quantitative estimate of drug-likeness (QED) is 0.661. The Hall–Kier alpha value is -2.88. The molecule has 0 radical (unpaired) electrons. The second-order valence-corrected chi connectivity index (χ2v) is 6.19. The van der Waals surface area contributed by atoms with Gasteiger partial charge >= 0.3 is 0 Å². The van der Waals surface area contributed by atoms with Gasteiger partial charge in [0, 0.05) is 38.0 Å². The third-order valence-electron chi connectivity index (χ3n) is 4.38. The van der Waals surface area contributed by atoms with Gasteiger partial charge in [0.05, 0.1) is 5.69 Å². The number of hydrogen-bond donors (Lipinski definition) is 0. The number of carbonyl (C=O) groups excluding carboxylic acids is 1. The van der Waals surface area contributed by atoms with Crippen LogP contribution in [0, 0.1) is 6.92 Å². The molecule has 0 aliphatic carbocycles. The molecule has 0 N–H and O–H groups in total. The molecule has 4 heteroatoms. The van der Waals surface area contributed by atoms with E-state index in [2.05, 4.69) is 30.2 Å². The van der Waals surface area contributed by atoms with Crippen molar-refractivity contribution in [2.24, 2.45) is 0 Å². The second-order valence-electron chi connectivity index (χ2n) is 6.19. The maximum atomic E-state index is 12.5. The third-order valence-corrected chi connectivity index (χ3v) is 4.38. The molecule has 0 atom stereocenters. The van der Waals surface area contributed by atoms with Crippen molar-refractivity contribution >= 4 is 22.8 Å². The number of nitrogens with zero attached hydrogens (tertiary/aromatic N) is 3. The van der Waals surface area contributed by atoms with E-state index in [9.17, 15) is 4.79 Å². The van der Waals surface area contributed by atoms with Crippen LogP contribution in [0.15, 0.2) is 54.7 Å². The lowest BCUT2D eigenvalue weighted by molar-refractivity contribution is -0.125. The van der Waals surface area contributed by atoms with Gasteiger partial charge in [-0.1, -0.05) is 42.5 Å². The molecule has 128 valence electrons. The van der Waals surface area contributed by atoms with E-state index in [1.807, 2.05) is 55.2 Å². The number of likely N-dealkylation sites (N-methyl/N-ethyl adjacent to an activating group) is 1. The fourth-order valence-corrected chi connectivity index (χ4v) is 2.89. The fraction of sp³-hybridized carbons (Fsp3) is 0.238. The smallest absolute Gasteiger partial charge is 0.246 e. The van der Waals surface area contributed by atoms with Crippen LogP contribution in [-0.2, 0) is 17.9 Å². The summed E-state index contributed by atoms with van der Waals surface area (Å²) in [5.74, 6) is -0.0171. The van der Waals surface area contributed by atoms with E-state index in [4.69, 9.17) is 0 Å². The largest absolute Gasteiger partial charge is 0.338 e. The molecule has 0 aliphatic heterocycles. The van der Waals surface area contributed by atoms with Gasteiger partial charge in [-0.05, 0) is 36.3 Å². The summed E-state index contributed by atoms with van der Waals surface area (Å²) in [5, 5.41) is 6.75. The maximum Gasteiger partial charge on any atom is 0.246 e. The Kier molecular flexibility index (Phi) is 4.98. The number of rotatable bonds is 5. The summed E-state index contributed by atoms with van der Waals surface area (Å²) in [6.07, 6.45) is 5.54. The van der Waals surface area contributed by atoms with Crippen LogP contribution in [0.5, 0.6) is 0 Å². The van der Waals surface area contributed by atoms with E-state index in [1.165, 1.54) is 5.39 Å². The molecule has 0 saturated heterocycles. The number of hydrogen-bond acceptors (Lipinski definition) is 2. The summed E-state index contributed by atoms with van der Waals surface area (Å²) < 4.78 is 1.90. The standard InChI is InChI=1S/C21H23N3O/c1-4-24-15-19(16(2)22-24)14-23(3)21(25)13-12-18-10-7-9-17-8-5-6-11-20(17)18/h5-13,15H,4,14H2,1-3H3. The van der Waals surface area contributed by atoms with Gasteiger partial charge in [0.15, 0.2) is 0 Å². The molecule has 0 unspecified atom stereocenters. The molecule has 3 rings (SSSR count). The van der Waals surface area contributed by atoms with Crippen molar-refractivity contribution in [1.29, 1.82) is 0 Å². The SMILES string of the molecule is CCn1cc(CN(C)C(=O)C=Cc2cccc3ccccc23)c(C)n1. The zero-order valence-corrected chi connectivity index (χ0v) is 14.9. The highest BCUT2D eigenvalue weighted by molar-refractivity contribution is 5.96. The first-order valence-electron chi connectivity index (χ1n) is 8.52. The van der Waals surface area contributed by atoms with Crippen molar-refractivity contribution in [2.75, 3.05) is 7.05 Å². The minimum atomic E-state index is -0.0171. The van der Waals surface area contributed by atoms with Crippen LogP contribution in [-0.4, -0.2) is 27.6 Å². The number of benzene rings is 2. The molecular weight excluding hydrogens is 310 g/mol. The van der Waals surface area contributed by atoms with Gasteiger partial charge in [-0.25, -0.2) is 0 Å². The minimum absolute atomic E-state index is 0.0171. The van der Waals surface area contributed by atoms with E-state index < -0.39 is 0 Å². The van der Waals surface area contributed by atoms with Crippen LogP contribution in [0.1, 0.15) is 23.7 Å². The lowest BCUT2D eigenvalue weighted by Gasteiger charge is -2.14. The van der Waals surface area contributed by atoms with E-state index in [0.29, 0.717) is 6.54 Å². The van der Waals surface area contributed by atoms with E-state index >= 15 is 0 Å². The number of amides is 1. The number of fused-ring (bicyclic) bond motifs is 1. The van der Waals surface area contributed by atoms with E-state index in [-0.39, 0.29) is 5.91 Å². The first kappa shape index (κ1) is 17.0. The van der Waals surface area contributed by atoms with Gasteiger partial charge in [0.2, 0.25) is 5.91 Å². The number of aryl methyl sites for hydroxylation is 2. The molecule has 1 heterocycles. The molecule has 25 heavy (non-hydrogen) atoms. The minimum Gasteiger partial charge on any atom is -0.338 e. The van der Waals surface area contributed by atoms with E-state index in [1.54, 1.807) is 11.0 Å². The van der Waals surface area contributed by atoms with Gasteiger partial charge in [0.25, 0.3) is 0 Å². The molecule has 0 spiro atoms. The summed E-state index contributed by atoms with van der Waals surface area (Å²) in [4.78, 5) is 14.2. The average molecular weight is 333 g/mol. The van der Waals surface area contributed by atoms with E-state index in [0.717, 1.165) is 28.8 Å². The summed E-state index contributed by atoms with van der Waals surface area (Å²) in [5.41, 5.74) is 3.10. The Bertz CT molecular complexity index is 919. The highest BCUT2D eigenvalue weighted by atomic mass is 16.2. The van der Waals surface area contributed by atoms with Crippen molar-refractivity contribution < 1.29 is 4.79 Å². The Morgan fingerprint density at radius 3 is 2.72 bits per heavy atom. The lowest BCUT2D eigenvalue weighted by atomic mass is 10.0. The van der Waals surface area contributed by atoms with Gasteiger partial charge in [0.1, 0.15) is 0 Å². The van der Waals surface area contributed by atoms with Crippen molar-refractivity contribution in [2.45, 2.75) is 26.9 Å². The predicted octanol–water partition coefficient (Wildman–Crippen LogP) is 4.04. The van der Waals surface area contributed by atoms with Crippen LogP contribution in [0.4, 0.5) is 0 Å². The molecule has 1 amide bonds. The van der Waals surface area contributed by atoms with Crippen LogP contribution in [0.2, 0.25) is 0 Å². The Morgan fingerprint density at radius 2 is 1.96 bits per heavy atom. The van der Waals surface area contributed by atoms with Gasteiger partial charge in [-0.3, -0.25) is 9.48 Å². The van der Waals surface area contributed by atoms with Crippen molar-refractivity contribution in [3.8, 4) is 0 Å². The predicted molar refractivity (Wildman–Crippen MR) is 102 cm³/mol. The van der Waals surface area contributed by atoms with Gasteiger partial charge < -0.3 is 4.90 Å². The summed E-state index contributed by atoms with van der Waals surface area (Å²) in [7, 11) is 1.82. The fourth-order valence-electron chi connectivity index (χ4n) is 2.89. The third kappa shape index (κ3) is 3.79. The highest BCUT2D eigenvalue weighted by Gasteiger charge is 2.10. The second kappa shape index (κ2) is 7.34. The Morgan fingerprint density at radius 1 is 1.20 bits per heavy atom. The number of aromatic nitrogens is 2. The summed E-state index contributed by atoms with van der Waals surface area (Å²) >= 11 is 0. The first-order valence-corrected chi connectivity index (χ1v) is 8.52. The van der Waals surface area contributed by atoms with Crippen LogP contribution in [0.3, 0.4) is 0 Å². The zero-order chi connectivity index (χ0) is 17.8. The molecule has 0 fully saturated rings. The van der Waals surface area contributed by atoms with Crippen LogP contribution >= 0.6 is 0 Å². The maximum absolute atomic E-state index is 12.5. The molecule has 0 saturated carbocycles. The Labute approximate surface area is 148 Å². The molecule has 1 aromatic heterocycles. The van der Waals surface area contributed by atoms with Crippen molar-refractivity contribution in [3.05, 3.63) is 71.6 Å². The van der Waals surface area contributed by atoms with Gasteiger partial charge in [-0.2, -0.15) is 5.10 Å². The van der Waals surface area contributed by atoms with Crippen LogP contribution in [0.25, 0.3) is 16.8 Å². The Balaban J connectivity index is 1.74. The average Bonchev–Trinajstić information content (AvgIpc) is 2.99. The van der Waals surface area contributed by atoms with Crippen molar-refractivity contribution in [1.82, 2.24) is 14.7 Å². The highest BCUT2D eigenvalue weighted by Crippen LogP contribution is 2.19. The monoisotopic (exact) mass is 333 g/mol. The first-order chi connectivity index (χ1) is 12.1. The summed E-state index contributed by atoms with van der Waals surface area (Å²) in [6.45, 7) is 5.42. The lowest BCUT2D eigenvalue weighted by Crippen LogP contribution is -2.24. The van der Waals surface area contributed by atoms with Gasteiger partial charge in [-0.15, -0.1) is 0 Å². The zero-order valence-electron chi connectivity index (χ0n) is 14.9. The molecule has 3 aromatic rings. The molecule has 2 aromatic carbocycles. The summed E-state index contributed by atoms with van der Waals surface area (Å²) in [6, 6.07) is 14.3. The molecule has 0 aliphatic rings. The molecular formula is C21H23N3O.